The summed E-state index contributed by atoms with van der Waals surface area (Å²) in [7, 11) is -3.25. The Balaban J connectivity index is 2.34. The molecule has 0 saturated carbocycles. The smallest absolute Gasteiger partial charge is 0.240 e. The van der Waals surface area contributed by atoms with Crippen molar-refractivity contribution in [1.82, 2.24) is 16.1 Å². The van der Waals surface area contributed by atoms with Gasteiger partial charge in [0.2, 0.25) is 5.91 Å². The van der Waals surface area contributed by atoms with Crippen LogP contribution < -0.4 is 11.0 Å². The summed E-state index contributed by atoms with van der Waals surface area (Å²) in [4.78, 5) is 11.8. The standard InChI is InChI=1S/C11H15N3O4S/c1-7-10(14(13-16)12-11(7)15)8-3-5-9(6-4-8)19(2,17)18/h3-7,10,13,16H,1-2H3,(H,12,15). The van der Waals surface area contributed by atoms with E-state index in [0.29, 0.717) is 0 Å². The quantitative estimate of drug-likeness (QED) is 0.677. The molecule has 2 rings (SSSR count). The number of benzene rings is 1. The Labute approximate surface area is 111 Å². The molecular weight excluding hydrogens is 270 g/mol. The van der Waals surface area contributed by atoms with E-state index in [1.54, 1.807) is 19.1 Å². The Morgan fingerprint density at radius 2 is 1.89 bits per heavy atom. The van der Waals surface area contributed by atoms with Crippen LogP contribution in [0.2, 0.25) is 0 Å². The van der Waals surface area contributed by atoms with Crippen LogP contribution in [-0.4, -0.2) is 30.9 Å². The van der Waals surface area contributed by atoms with Crippen molar-refractivity contribution in [1.29, 1.82) is 0 Å². The SMILES string of the molecule is CC1C(=O)NN(NO)C1c1ccc(S(C)(=O)=O)cc1. The fourth-order valence-corrected chi connectivity index (χ4v) is 2.72. The largest absolute Gasteiger partial charge is 0.300 e. The first kappa shape index (κ1) is 13.9. The summed E-state index contributed by atoms with van der Waals surface area (Å²) in [6.45, 7) is 1.72. The molecule has 1 aliphatic rings. The van der Waals surface area contributed by atoms with Crippen LogP contribution in [0.15, 0.2) is 29.2 Å². The third-order valence-corrected chi connectivity index (χ3v) is 4.28. The topological polar surface area (TPSA) is 98.7 Å². The molecule has 19 heavy (non-hydrogen) atoms. The van der Waals surface area contributed by atoms with Gasteiger partial charge in [-0.1, -0.05) is 19.1 Å². The highest BCUT2D eigenvalue weighted by molar-refractivity contribution is 7.90. The summed E-state index contributed by atoms with van der Waals surface area (Å²) in [5.74, 6) is -0.595. The second-order valence-corrected chi connectivity index (χ2v) is 6.54. The van der Waals surface area contributed by atoms with Gasteiger partial charge in [0.1, 0.15) is 0 Å². The summed E-state index contributed by atoms with van der Waals surface area (Å²) in [6, 6.07) is 5.81. The number of hydrogen-bond acceptors (Lipinski definition) is 6. The number of rotatable bonds is 3. The van der Waals surface area contributed by atoms with Crippen LogP contribution in [0.25, 0.3) is 0 Å². The number of amides is 1. The van der Waals surface area contributed by atoms with E-state index in [1.807, 2.05) is 5.59 Å². The van der Waals surface area contributed by atoms with E-state index in [9.17, 15) is 13.2 Å². The Hall–Kier alpha value is -1.48. The van der Waals surface area contributed by atoms with Crippen molar-refractivity contribution in [2.75, 3.05) is 6.26 Å². The lowest BCUT2D eigenvalue weighted by atomic mass is 9.96. The van der Waals surface area contributed by atoms with E-state index in [4.69, 9.17) is 5.21 Å². The van der Waals surface area contributed by atoms with E-state index >= 15 is 0 Å². The van der Waals surface area contributed by atoms with Gasteiger partial charge in [0.15, 0.2) is 9.84 Å². The molecule has 0 aromatic heterocycles. The number of nitrogens with zero attached hydrogens (tertiary/aromatic N) is 1. The summed E-state index contributed by atoms with van der Waals surface area (Å²) in [5.41, 5.74) is 5.09. The third kappa shape index (κ3) is 2.61. The molecule has 1 aliphatic heterocycles. The van der Waals surface area contributed by atoms with Crippen LogP contribution in [0.5, 0.6) is 0 Å². The first-order valence-electron chi connectivity index (χ1n) is 5.64. The minimum absolute atomic E-state index is 0.213. The highest BCUT2D eigenvalue weighted by atomic mass is 32.2. The van der Waals surface area contributed by atoms with Crippen LogP contribution in [0.3, 0.4) is 0 Å². The average molecular weight is 285 g/mol. The number of hydrogen-bond donors (Lipinski definition) is 3. The number of carbonyl (C=O) groups excluding carboxylic acids is 1. The molecule has 8 heteroatoms. The van der Waals surface area contributed by atoms with Crippen molar-refractivity contribution in [2.45, 2.75) is 17.9 Å². The molecule has 1 aromatic rings. The molecule has 7 nitrogen and oxygen atoms in total. The number of hydrazine groups is 2. The molecule has 0 bridgehead atoms. The first-order valence-corrected chi connectivity index (χ1v) is 7.53. The predicted molar refractivity (Wildman–Crippen MR) is 66.4 cm³/mol. The van der Waals surface area contributed by atoms with E-state index < -0.39 is 15.9 Å². The van der Waals surface area contributed by atoms with Gasteiger partial charge < -0.3 is 5.21 Å². The second kappa shape index (κ2) is 4.89. The molecule has 2 unspecified atom stereocenters. The molecule has 0 radical (unpaired) electrons. The second-order valence-electron chi connectivity index (χ2n) is 4.52. The van der Waals surface area contributed by atoms with Crippen LogP contribution in [-0.2, 0) is 14.6 Å². The molecule has 1 saturated heterocycles. The van der Waals surface area contributed by atoms with Crippen LogP contribution >= 0.6 is 0 Å². The van der Waals surface area contributed by atoms with Crippen molar-refractivity contribution in [3.63, 3.8) is 0 Å². The lowest BCUT2D eigenvalue weighted by Gasteiger charge is -2.22. The van der Waals surface area contributed by atoms with Crippen LogP contribution in [0, 0.1) is 5.92 Å². The van der Waals surface area contributed by atoms with Crippen LogP contribution in [0.1, 0.15) is 18.5 Å². The monoisotopic (exact) mass is 285 g/mol. The lowest BCUT2D eigenvalue weighted by molar-refractivity contribution is -0.126. The van der Waals surface area contributed by atoms with E-state index in [2.05, 4.69) is 5.43 Å². The molecular formula is C11H15N3O4S. The maximum atomic E-state index is 11.6. The molecule has 0 spiro atoms. The van der Waals surface area contributed by atoms with Crippen molar-refractivity contribution >= 4 is 15.7 Å². The molecule has 1 amide bonds. The highest BCUT2D eigenvalue weighted by Crippen LogP contribution is 2.31. The van der Waals surface area contributed by atoms with Gasteiger partial charge in [-0.2, -0.15) is 0 Å². The minimum atomic E-state index is -3.25. The summed E-state index contributed by atoms with van der Waals surface area (Å²) >= 11 is 0. The molecule has 0 aliphatic carbocycles. The van der Waals surface area contributed by atoms with E-state index in [0.717, 1.165) is 11.8 Å². The summed E-state index contributed by atoms with van der Waals surface area (Å²) in [6.07, 6.45) is 1.13. The molecule has 2 atom stereocenters. The van der Waals surface area contributed by atoms with Crippen molar-refractivity contribution in [3.05, 3.63) is 29.8 Å². The average Bonchev–Trinajstić information content (AvgIpc) is 2.64. The molecule has 1 heterocycles. The minimum Gasteiger partial charge on any atom is -0.300 e. The number of nitrogens with one attached hydrogen (secondary N) is 2. The van der Waals surface area contributed by atoms with Gasteiger partial charge in [-0.25, -0.2) is 8.42 Å². The van der Waals surface area contributed by atoms with Gasteiger partial charge in [0.25, 0.3) is 0 Å². The van der Waals surface area contributed by atoms with Crippen molar-refractivity contribution in [2.24, 2.45) is 5.92 Å². The van der Waals surface area contributed by atoms with Gasteiger partial charge in [-0.3, -0.25) is 10.2 Å². The molecule has 1 fully saturated rings. The first-order chi connectivity index (χ1) is 8.84. The molecule has 3 N–H and O–H groups in total. The number of carbonyl (C=O) groups is 1. The van der Waals surface area contributed by atoms with E-state index in [1.165, 1.54) is 17.3 Å². The van der Waals surface area contributed by atoms with Crippen molar-refractivity contribution < 1.29 is 18.4 Å². The van der Waals surface area contributed by atoms with Crippen LogP contribution in [0.4, 0.5) is 0 Å². The van der Waals surface area contributed by atoms with Gasteiger partial charge >= 0.3 is 0 Å². The Bertz CT molecular complexity index is 584. The Morgan fingerprint density at radius 3 is 2.37 bits per heavy atom. The fourth-order valence-electron chi connectivity index (χ4n) is 2.09. The van der Waals surface area contributed by atoms with Gasteiger partial charge in [-0.15, -0.1) is 10.7 Å². The zero-order valence-corrected chi connectivity index (χ0v) is 11.3. The highest BCUT2D eigenvalue weighted by Gasteiger charge is 2.38. The molecule has 1 aromatic carbocycles. The van der Waals surface area contributed by atoms with Crippen molar-refractivity contribution in [3.8, 4) is 0 Å². The Kier molecular flexibility index (Phi) is 3.59. The fraction of sp³-hybridized carbons (Fsp3) is 0.364. The van der Waals surface area contributed by atoms with Gasteiger partial charge in [0.05, 0.1) is 16.9 Å². The lowest BCUT2D eigenvalue weighted by Crippen LogP contribution is -2.43. The zero-order chi connectivity index (χ0) is 14.2. The third-order valence-electron chi connectivity index (χ3n) is 3.15. The van der Waals surface area contributed by atoms with Gasteiger partial charge in [0, 0.05) is 6.26 Å². The predicted octanol–water partition coefficient (Wildman–Crippen LogP) is 0.00790. The number of sulfone groups is 1. The maximum absolute atomic E-state index is 11.6. The molecule has 104 valence electrons. The Morgan fingerprint density at radius 1 is 1.32 bits per heavy atom. The van der Waals surface area contributed by atoms with Gasteiger partial charge in [-0.05, 0) is 17.7 Å². The zero-order valence-electron chi connectivity index (χ0n) is 10.5. The summed E-state index contributed by atoms with van der Waals surface area (Å²) in [5, 5.41) is 10.2. The normalized spacial score (nSPS) is 24.5. The summed E-state index contributed by atoms with van der Waals surface area (Å²) < 4.78 is 22.7. The maximum Gasteiger partial charge on any atom is 0.240 e. The van der Waals surface area contributed by atoms with E-state index in [-0.39, 0.29) is 16.7 Å².